The van der Waals surface area contributed by atoms with Crippen molar-refractivity contribution in [2.24, 2.45) is 5.73 Å². The fourth-order valence-electron chi connectivity index (χ4n) is 2.76. The molecular weight excluding hydrogens is 234 g/mol. The Kier molecular flexibility index (Phi) is 2.62. The van der Waals surface area contributed by atoms with Crippen LogP contribution in [0.3, 0.4) is 0 Å². The summed E-state index contributed by atoms with van der Waals surface area (Å²) in [5.74, 6) is 0. The molecule has 4 heteroatoms. The lowest BCUT2D eigenvalue weighted by atomic mass is 9.98. The number of H-pyrrole nitrogens is 1. The Labute approximate surface area is 106 Å². The quantitative estimate of drug-likeness (QED) is 0.815. The number of hydrogen-bond acceptors (Lipinski definition) is 2. The van der Waals surface area contributed by atoms with E-state index in [9.17, 15) is 0 Å². The predicted molar refractivity (Wildman–Crippen MR) is 71.4 cm³/mol. The monoisotopic (exact) mass is 249 g/mol. The topological polar surface area (TPSA) is 45.0 Å². The molecule has 0 saturated heterocycles. The minimum Gasteiger partial charge on any atom is -0.357 e. The molecule has 0 aliphatic carbocycles. The van der Waals surface area contributed by atoms with Gasteiger partial charge >= 0.3 is 0 Å². The lowest BCUT2D eigenvalue weighted by molar-refractivity contribution is 0.233. The summed E-state index contributed by atoms with van der Waals surface area (Å²) in [6.07, 6.45) is 1.06. The van der Waals surface area contributed by atoms with Crippen molar-refractivity contribution in [3.05, 3.63) is 34.5 Å². The van der Waals surface area contributed by atoms with E-state index in [-0.39, 0.29) is 0 Å². The molecule has 2 aromatic rings. The van der Waals surface area contributed by atoms with Gasteiger partial charge in [0.05, 0.1) is 6.04 Å². The predicted octanol–water partition coefficient (Wildman–Crippen LogP) is 2.31. The molecule has 1 unspecified atom stereocenters. The van der Waals surface area contributed by atoms with E-state index >= 15 is 0 Å². The fourth-order valence-corrected chi connectivity index (χ4v) is 2.93. The van der Waals surface area contributed by atoms with E-state index in [1.807, 2.05) is 18.2 Å². The van der Waals surface area contributed by atoms with Gasteiger partial charge in [0.15, 0.2) is 0 Å². The fraction of sp³-hybridized carbons (Fsp3) is 0.385. The van der Waals surface area contributed by atoms with Gasteiger partial charge in [-0.25, -0.2) is 0 Å². The highest BCUT2D eigenvalue weighted by atomic mass is 35.5. The number of nitrogens with one attached hydrogen (secondary N) is 1. The molecule has 1 aromatic carbocycles. The van der Waals surface area contributed by atoms with Crippen molar-refractivity contribution in [2.75, 3.05) is 20.1 Å². The van der Waals surface area contributed by atoms with Gasteiger partial charge in [0, 0.05) is 34.7 Å². The summed E-state index contributed by atoms with van der Waals surface area (Å²) in [5, 5.41) is 2.04. The van der Waals surface area contributed by atoms with Crippen LogP contribution in [-0.2, 0) is 6.42 Å². The average Bonchev–Trinajstić information content (AvgIpc) is 2.67. The minimum absolute atomic E-state index is 0.296. The number of rotatable bonds is 1. The van der Waals surface area contributed by atoms with Crippen molar-refractivity contribution >= 4 is 22.5 Å². The van der Waals surface area contributed by atoms with Crippen molar-refractivity contribution in [2.45, 2.75) is 12.5 Å². The van der Waals surface area contributed by atoms with Gasteiger partial charge in [0.2, 0.25) is 0 Å². The molecule has 0 saturated carbocycles. The van der Waals surface area contributed by atoms with Crippen LogP contribution >= 0.6 is 11.6 Å². The van der Waals surface area contributed by atoms with Gasteiger partial charge < -0.3 is 10.7 Å². The molecule has 0 bridgehead atoms. The molecule has 1 aliphatic heterocycles. The Bertz CT molecular complexity index is 561. The number of fused-ring (bicyclic) bond motifs is 3. The Morgan fingerprint density at radius 3 is 3.12 bits per heavy atom. The Morgan fingerprint density at radius 2 is 2.35 bits per heavy atom. The lowest BCUT2D eigenvalue weighted by Crippen LogP contribution is -2.36. The normalized spacial score (nSPS) is 20.8. The second-order valence-corrected chi connectivity index (χ2v) is 5.13. The smallest absolute Gasteiger partial charge is 0.0623 e. The van der Waals surface area contributed by atoms with Crippen molar-refractivity contribution < 1.29 is 0 Å². The maximum absolute atomic E-state index is 6.07. The van der Waals surface area contributed by atoms with E-state index in [4.69, 9.17) is 17.3 Å². The van der Waals surface area contributed by atoms with Gasteiger partial charge in [-0.2, -0.15) is 0 Å². The third kappa shape index (κ3) is 1.66. The van der Waals surface area contributed by atoms with Gasteiger partial charge in [-0.05, 0) is 37.2 Å². The number of halogens is 1. The van der Waals surface area contributed by atoms with Crippen LogP contribution in [0.15, 0.2) is 18.2 Å². The highest BCUT2D eigenvalue weighted by Crippen LogP contribution is 2.34. The second-order valence-electron chi connectivity index (χ2n) is 4.69. The van der Waals surface area contributed by atoms with E-state index in [1.54, 1.807) is 0 Å². The molecule has 1 atom stereocenters. The molecule has 90 valence electrons. The van der Waals surface area contributed by atoms with E-state index in [0.717, 1.165) is 23.5 Å². The van der Waals surface area contributed by atoms with Gasteiger partial charge in [-0.15, -0.1) is 0 Å². The van der Waals surface area contributed by atoms with Crippen LogP contribution in [0.25, 0.3) is 10.9 Å². The van der Waals surface area contributed by atoms with Crippen molar-refractivity contribution in [3.63, 3.8) is 0 Å². The lowest BCUT2D eigenvalue weighted by Gasteiger charge is -2.31. The first-order valence-corrected chi connectivity index (χ1v) is 6.29. The van der Waals surface area contributed by atoms with E-state index in [2.05, 4.69) is 16.9 Å². The van der Waals surface area contributed by atoms with E-state index in [0.29, 0.717) is 12.6 Å². The molecular formula is C13H16ClN3. The number of hydrogen-bond donors (Lipinski definition) is 2. The minimum atomic E-state index is 0.296. The highest BCUT2D eigenvalue weighted by Gasteiger charge is 2.26. The van der Waals surface area contributed by atoms with Crippen LogP contribution in [0.2, 0.25) is 5.02 Å². The molecule has 0 radical (unpaired) electrons. The van der Waals surface area contributed by atoms with Crippen molar-refractivity contribution in [1.82, 2.24) is 9.88 Å². The van der Waals surface area contributed by atoms with Crippen LogP contribution in [-0.4, -0.2) is 30.0 Å². The largest absolute Gasteiger partial charge is 0.357 e. The summed E-state index contributed by atoms with van der Waals surface area (Å²) in [6.45, 7) is 1.69. The summed E-state index contributed by atoms with van der Waals surface area (Å²) < 4.78 is 0. The summed E-state index contributed by atoms with van der Waals surface area (Å²) in [5.41, 5.74) is 9.68. The molecule has 2 heterocycles. The van der Waals surface area contributed by atoms with Crippen LogP contribution in [0, 0.1) is 0 Å². The molecule has 0 fully saturated rings. The van der Waals surface area contributed by atoms with E-state index in [1.165, 1.54) is 16.6 Å². The Balaban J connectivity index is 2.23. The Morgan fingerprint density at radius 1 is 1.53 bits per heavy atom. The maximum Gasteiger partial charge on any atom is 0.0623 e. The number of aromatic nitrogens is 1. The van der Waals surface area contributed by atoms with Gasteiger partial charge in [-0.3, -0.25) is 4.90 Å². The number of nitrogens with two attached hydrogens (primary N) is 1. The second kappa shape index (κ2) is 4.02. The summed E-state index contributed by atoms with van der Waals surface area (Å²) >= 11 is 6.07. The SMILES string of the molecule is CN1CCc2c([nH]c3ccc(Cl)cc23)C1CN. The number of benzene rings is 1. The van der Waals surface area contributed by atoms with Crippen molar-refractivity contribution in [1.29, 1.82) is 0 Å². The Hall–Kier alpha value is -1.03. The average molecular weight is 250 g/mol. The highest BCUT2D eigenvalue weighted by molar-refractivity contribution is 6.31. The summed E-state index contributed by atoms with van der Waals surface area (Å²) in [7, 11) is 2.12. The molecule has 1 aliphatic rings. The molecule has 17 heavy (non-hydrogen) atoms. The standard InChI is InChI=1S/C13H16ClN3/c1-17-5-4-9-10-6-8(14)2-3-11(10)16-13(9)12(17)7-15/h2-3,6,12,16H,4-5,7,15H2,1H3. The zero-order valence-corrected chi connectivity index (χ0v) is 10.6. The van der Waals surface area contributed by atoms with Crippen LogP contribution in [0.4, 0.5) is 0 Å². The van der Waals surface area contributed by atoms with Gasteiger partial charge in [0.25, 0.3) is 0 Å². The number of likely N-dealkylation sites (N-methyl/N-ethyl adjacent to an activating group) is 1. The van der Waals surface area contributed by atoms with E-state index < -0.39 is 0 Å². The zero-order chi connectivity index (χ0) is 12.0. The van der Waals surface area contributed by atoms with Crippen LogP contribution < -0.4 is 5.73 Å². The molecule has 3 rings (SSSR count). The van der Waals surface area contributed by atoms with Crippen LogP contribution in [0.5, 0.6) is 0 Å². The third-order valence-corrected chi connectivity index (χ3v) is 3.94. The number of aromatic amines is 1. The molecule has 1 aromatic heterocycles. The first kappa shape index (κ1) is 11.1. The first-order chi connectivity index (χ1) is 8.20. The van der Waals surface area contributed by atoms with Crippen molar-refractivity contribution in [3.8, 4) is 0 Å². The number of nitrogens with zero attached hydrogens (tertiary/aromatic N) is 1. The van der Waals surface area contributed by atoms with Gasteiger partial charge in [-0.1, -0.05) is 11.6 Å². The first-order valence-electron chi connectivity index (χ1n) is 5.91. The van der Waals surface area contributed by atoms with Crippen LogP contribution in [0.1, 0.15) is 17.3 Å². The maximum atomic E-state index is 6.07. The molecule has 0 amide bonds. The zero-order valence-electron chi connectivity index (χ0n) is 9.83. The summed E-state index contributed by atoms with van der Waals surface area (Å²) in [6, 6.07) is 6.31. The molecule has 0 spiro atoms. The summed E-state index contributed by atoms with van der Waals surface area (Å²) in [4.78, 5) is 5.80. The molecule has 3 N–H and O–H groups in total. The van der Waals surface area contributed by atoms with Gasteiger partial charge in [0.1, 0.15) is 0 Å². The molecule has 3 nitrogen and oxygen atoms in total. The third-order valence-electron chi connectivity index (χ3n) is 3.70.